The summed E-state index contributed by atoms with van der Waals surface area (Å²) in [4.78, 5) is 0. The number of hydrogen-bond donors (Lipinski definition) is 0. The van der Waals surface area contributed by atoms with Crippen LogP contribution in [0.2, 0.25) is 0 Å². The third kappa shape index (κ3) is 2.74. The van der Waals surface area contributed by atoms with E-state index in [-0.39, 0.29) is 0 Å². The van der Waals surface area contributed by atoms with Crippen LogP contribution in [-0.4, -0.2) is 10.6 Å². The summed E-state index contributed by atoms with van der Waals surface area (Å²) in [6.07, 6.45) is -2.54. The van der Waals surface area contributed by atoms with Gasteiger partial charge in [-0.15, -0.1) is 0 Å². The number of rotatable bonds is 2. The zero-order chi connectivity index (χ0) is 6.73. The molecule has 0 aliphatic carbocycles. The molecule has 2 unspecified atom stereocenters. The summed E-state index contributed by atoms with van der Waals surface area (Å²) < 4.78 is 33.3. The molecular formula is C4H6F3I. The van der Waals surface area contributed by atoms with Crippen LogP contribution in [0.25, 0.3) is 0 Å². The first-order chi connectivity index (χ1) is 3.55. The molecule has 50 valence electrons. The topological polar surface area (TPSA) is 0 Å². The van der Waals surface area contributed by atoms with Crippen LogP contribution in [0.3, 0.4) is 0 Å². The minimum absolute atomic E-state index is 1.14. The van der Waals surface area contributed by atoms with Crippen LogP contribution in [0.4, 0.5) is 13.2 Å². The van der Waals surface area contributed by atoms with Crippen molar-refractivity contribution in [1.29, 1.82) is 0 Å². The van der Waals surface area contributed by atoms with Gasteiger partial charge in [-0.05, 0) is 22.6 Å². The van der Waals surface area contributed by atoms with Crippen molar-refractivity contribution in [3.05, 3.63) is 0 Å². The lowest BCUT2D eigenvalue weighted by atomic mass is 10.2. The predicted octanol–water partition coefficient (Wildman–Crippen LogP) is 2.62. The first-order valence-corrected chi connectivity index (χ1v) is 3.36. The summed E-state index contributed by atoms with van der Waals surface area (Å²) in [5.74, 6) is -1.14. The van der Waals surface area contributed by atoms with Gasteiger partial charge in [0.05, 0.1) is 5.92 Å². The molecule has 0 N–H and O–H groups in total. The van der Waals surface area contributed by atoms with Crippen molar-refractivity contribution in [3.8, 4) is 0 Å². The highest BCUT2D eigenvalue weighted by Crippen LogP contribution is 2.20. The Balaban J connectivity index is 3.46. The van der Waals surface area contributed by atoms with E-state index in [2.05, 4.69) is 0 Å². The minimum atomic E-state index is -2.54. The minimum Gasteiger partial charge on any atom is -0.235 e. The fraction of sp³-hybridized carbons (Fsp3) is 1.00. The standard InChI is InChI=1S/C4H6F3I/c1-2(3(5)6)4(7)8/h2-4H,1H3. The van der Waals surface area contributed by atoms with Gasteiger partial charge in [0.25, 0.3) is 0 Å². The molecule has 0 saturated carbocycles. The Kier molecular flexibility index (Phi) is 3.76. The highest BCUT2D eigenvalue weighted by Gasteiger charge is 2.21. The van der Waals surface area contributed by atoms with Gasteiger partial charge in [0.1, 0.15) is 0 Å². The molecule has 0 radical (unpaired) electrons. The van der Waals surface area contributed by atoms with E-state index in [0.717, 1.165) is 0 Å². The maximum Gasteiger partial charge on any atom is 0.244 e. The van der Waals surface area contributed by atoms with Crippen molar-refractivity contribution >= 4 is 22.6 Å². The van der Waals surface area contributed by atoms with E-state index >= 15 is 0 Å². The Bertz CT molecular complexity index is 56.3. The Morgan fingerprint density at radius 1 is 1.25 bits per heavy atom. The van der Waals surface area contributed by atoms with Crippen molar-refractivity contribution in [2.24, 2.45) is 5.92 Å². The van der Waals surface area contributed by atoms with Gasteiger partial charge < -0.3 is 0 Å². The smallest absolute Gasteiger partial charge is 0.235 e. The Morgan fingerprint density at radius 2 is 1.62 bits per heavy atom. The maximum atomic E-state index is 11.9. The van der Waals surface area contributed by atoms with Gasteiger partial charge in [-0.1, -0.05) is 6.92 Å². The molecular weight excluding hydrogens is 232 g/mol. The lowest BCUT2D eigenvalue weighted by molar-refractivity contribution is 0.0677. The number of alkyl halides is 4. The van der Waals surface area contributed by atoms with Gasteiger partial charge in [-0.25, -0.2) is 13.2 Å². The second-order valence-electron chi connectivity index (χ2n) is 1.53. The normalized spacial score (nSPS) is 18.8. The molecule has 0 spiro atoms. The largest absolute Gasteiger partial charge is 0.244 e. The average molecular weight is 238 g/mol. The first-order valence-electron chi connectivity index (χ1n) is 2.12. The van der Waals surface area contributed by atoms with Crippen LogP contribution < -0.4 is 0 Å². The van der Waals surface area contributed by atoms with Crippen molar-refractivity contribution in [3.63, 3.8) is 0 Å². The van der Waals surface area contributed by atoms with Crippen LogP contribution in [0.1, 0.15) is 6.92 Å². The summed E-state index contributed by atoms with van der Waals surface area (Å²) in [5, 5.41) is 0. The van der Waals surface area contributed by atoms with Gasteiger partial charge in [-0.2, -0.15) is 0 Å². The lowest BCUT2D eigenvalue weighted by Gasteiger charge is -2.07. The average Bonchev–Trinajstić information content (AvgIpc) is 1.64. The number of halogens is 4. The molecule has 0 fully saturated rings. The molecule has 8 heavy (non-hydrogen) atoms. The van der Waals surface area contributed by atoms with E-state index in [1.165, 1.54) is 29.5 Å². The van der Waals surface area contributed by atoms with Gasteiger partial charge in [0.15, 0.2) is 4.18 Å². The lowest BCUT2D eigenvalue weighted by Crippen LogP contribution is -2.14. The molecule has 0 amide bonds. The molecule has 0 nitrogen and oxygen atoms in total. The monoisotopic (exact) mass is 238 g/mol. The predicted molar refractivity (Wildman–Crippen MR) is 34.1 cm³/mol. The number of hydrogen-bond acceptors (Lipinski definition) is 0. The third-order valence-electron chi connectivity index (χ3n) is 0.795. The van der Waals surface area contributed by atoms with Crippen LogP contribution in [0.5, 0.6) is 0 Å². The second kappa shape index (κ2) is 3.53. The van der Waals surface area contributed by atoms with Crippen molar-refractivity contribution < 1.29 is 13.2 Å². The second-order valence-corrected chi connectivity index (χ2v) is 2.72. The van der Waals surface area contributed by atoms with E-state index in [1.54, 1.807) is 0 Å². The van der Waals surface area contributed by atoms with E-state index in [1.807, 2.05) is 0 Å². The van der Waals surface area contributed by atoms with Crippen LogP contribution >= 0.6 is 22.6 Å². The highest BCUT2D eigenvalue weighted by molar-refractivity contribution is 14.1. The van der Waals surface area contributed by atoms with Gasteiger partial charge >= 0.3 is 0 Å². The molecule has 0 aromatic carbocycles. The summed E-state index contributed by atoms with van der Waals surface area (Å²) in [7, 11) is 0. The maximum absolute atomic E-state index is 11.9. The molecule has 0 aliphatic rings. The molecule has 4 heteroatoms. The van der Waals surface area contributed by atoms with Gasteiger partial charge in [-0.3, -0.25) is 0 Å². The Hall–Kier alpha value is 0.520. The summed E-state index contributed by atoms with van der Waals surface area (Å²) in [5.41, 5.74) is 0. The first kappa shape index (κ1) is 8.52. The highest BCUT2D eigenvalue weighted by atomic mass is 127. The molecule has 0 aromatic rings. The van der Waals surface area contributed by atoms with Gasteiger partial charge in [0.2, 0.25) is 6.43 Å². The summed E-state index contributed by atoms with van der Waals surface area (Å²) in [6, 6.07) is 0. The molecule has 0 aliphatic heterocycles. The zero-order valence-electron chi connectivity index (χ0n) is 4.24. The van der Waals surface area contributed by atoms with E-state index < -0.39 is 16.5 Å². The van der Waals surface area contributed by atoms with Gasteiger partial charge in [0, 0.05) is 0 Å². The van der Waals surface area contributed by atoms with Crippen molar-refractivity contribution in [2.75, 3.05) is 0 Å². The SMILES string of the molecule is CC(C(F)F)C(F)I. The summed E-state index contributed by atoms with van der Waals surface area (Å²) >= 11 is 1.34. The van der Waals surface area contributed by atoms with E-state index in [4.69, 9.17) is 0 Å². The zero-order valence-corrected chi connectivity index (χ0v) is 6.40. The third-order valence-corrected chi connectivity index (χ3v) is 1.93. The van der Waals surface area contributed by atoms with Crippen LogP contribution in [-0.2, 0) is 0 Å². The van der Waals surface area contributed by atoms with Crippen molar-refractivity contribution in [1.82, 2.24) is 0 Å². The molecule has 0 bridgehead atoms. The fourth-order valence-corrected chi connectivity index (χ4v) is 0.424. The quantitative estimate of drug-likeness (QED) is 0.512. The van der Waals surface area contributed by atoms with Crippen LogP contribution in [0.15, 0.2) is 0 Å². The molecule has 0 saturated heterocycles. The van der Waals surface area contributed by atoms with E-state index in [0.29, 0.717) is 0 Å². The molecule has 2 atom stereocenters. The van der Waals surface area contributed by atoms with Crippen LogP contribution in [0, 0.1) is 5.92 Å². The molecule has 0 heterocycles. The fourth-order valence-electron chi connectivity index (χ4n) is 0.110. The molecule has 0 rings (SSSR count). The molecule has 0 aromatic heterocycles. The Labute approximate surface area is 59.6 Å². The van der Waals surface area contributed by atoms with Crippen molar-refractivity contribution in [2.45, 2.75) is 17.5 Å². The Morgan fingerprint density at radius 3 is 1.62 bits per heavy atom. The summed E-state index contributed by atoms with van der Waals surface area (Å²) in [6.45, 7) is 1.18. The van der Waals surface area contributed by atoms with E-state index in [9.17, 15) is 13.2 Å².